The van der Waals surface area contributed by atoms with Crippen molar-refractivity contribution in [3.63, 3.8) is 0 Å². The smallest absolute Gasteiger partial charge is 0.387 e. The van der Waals surface area contributed by atoms with Crippen LogP contribution in [0.2, 0.25) is 5.02 Å². The van der Waals surface area contributed by atoms with Crippen molar-refractivity contribution in [3.05, 3.63) is 53.3 Å². The number of halogens is 4. The molecule has 0 aliphatic heterocycles. The number of anilines is 2. The van der Waals surface area contributed by atoms with Crippen molar-refractivity contribution in [2.45, 2.75) is 13.5 Å². The first-order valence-electron chi connectivity index (χ1n) is 7.83. The number of hydrogen-bond donors (Lipinski definition) is 3. The highest BCUT2D eigenvalue weighted by Crippen LogP contribution is 2.21. The molecule has 0 aliphatic carbocycles. The fourth-order valence-corrected chi connectivity index (χ4v) is 2.51. The normalized spacial score (nSPS) is 11.6. The Balaban J connectivity index is 2.10. The van der Waals surface area contributed by atoms with Gasteiger partial charge in [-0.25, -0.2) is 4.39 Å². The standard InChI is InChI=1S/C18H15ClF3N3O3/c1-9(23)15(17(27)25-13-7-10(19)6-11(20)8-13)16(26)24-12-2-4-14(5-3-12)28-18(21)22/h2-8,15,18,23H,1H3,(H,24,26)(H,25,27). The lowest BCUT2D eigenvalue weighted by atomic mass is 10.0. The van der Waals surface area contributed by atoms with Crippen molar-refractivity contribution >= 4 is 40.5 Å². The molecule has 148 valence electrons. The van der Waals surface area contributed by atoms with E-state index in [2.05, 4.69) is 15.4 Å². The number of amides is 2. The molecule has 28 heavy (non-hydrogen) atoms. The first-order valence-corrected chi connectivity index (χ1v) is 8.21. The van der Waals surface area contributed by atoms with Gasteiger partial charge in [0.15, 0.2) is 5.92 Å². The fourth-order valence-electron chi connectivity index (χ4n) is 2.29. The summed E-state index contributed by atoms with van der Waals surface area (Å²) in [6.45, 7) is -1.72. The van der Waals surface area contributed by atoms with E-state index < -0.39 is 30.2 Å². The van der Waals surface area contributed by atoms with E-state index in [9.17, 15) is 22.8 Å². The van der Waals surface area contributed by atoms with Gasteiger partial charge in [0.2, 0.25) is 11.8 Å². The Morgan fingerprint density at radius 3 is 2.11 bits per heavy atom. The molecule has 0 spiro atoms. The number of nitrogens with one attached hydrogen (secondary N) is 3. The molecule has 0 bridgehead atoms. The van der Waals surface area contributed by atoms with Gasteiger partial charge in [0.25, 0.3) is 0 Å². The minimum Gasteiger partial charge on any atom is -0.435 e. The van der Waals surface area contributed by atoms with Crippen molar-refractivity contribution in [3.8, 4) is 5.75 Å². The van der Waals surface area contributed by atoms with Crippen LogP contribution in [0.4, 0.5) is 24.5 Å². The predicted octanol–water partition coefficient (Wildman–Crippen LogP) is 4.31. The zero-order valence-electron chi connectivity index (χ0n) is 14.4. The first-order chi connectivity index (χ1) is 13.2. The summed E-state index contributed by atoms with van der Waals surface area (Å²) >= 11 is 5.72. The second kappa shape index (κ2) is 9.23. The van der Waals surface area contributed by atoms with Crippen LogP contribution in [0.1, 0.15) is 6.92 Å². The molecular weight excluding hydrogens is 399 g/mol. The number of benzene rings is 2. The van der Waals surface area contributed by atoms with Crippen LogP contribution >= 0.6 is 11.6 Å². The van der Waals surface area contributed by atoms with Crippen LogP contribution in [0.3, 0.4) is 0 Å². The molecule has 10 heteroatoms. The molecule has 0 radical (unpaired) electrons. The summed E-state index contributed by atoms with van der Waals surface area (Å²) in [4.78, 5) is 24.8. The van der Waals surface area contributed by atoms with Gasteiger partial charge in [-0.1, -0.05) is 11.6 Å². The molecule has 6 nitrogen and oxygen atoms in total. The maximum absolute atomic E-state index is 13.4. The highest BCUT2D eigenvalue weighted by Gasteiger charge is 2.29. The van der Waals surface area contributed by atoms with Gasteiger partial charge in [-0.2, -0.15) is 8.78 Å². The lowest BCUT2D eigenvalue weighted by molar-refractivity contribution is -0.126. The minimum atomic E-state index is -2.98. The molecule has 0 aromatic heterocycles. The summed E-state index contributed by atoms with van der Waals surface area (Å²) in [7, 11) is 0. The molecule has 1 unspecified atom stereocenters. The maximum Gasteiger partial charge on any atom is 0.387 e. The molecule has 0 saturated carbocycles. The van der Waals surface area contributed by atoms with Crippen LogP contribution in [0.5, 0.6) is 5.75 Å². The van der Waals surface area contributed by atoms with Crippen LogP contribution in [-0.4, -0.2) is 24.1 Å². The van der Waals surface area contributed by atoms with Crippen LogP contribution in [0.15, 0.2) is 42.5 Å². The van der Waals surface area contributed by atoms with Crippen LogP contribution in [0, 0.1) is 17.1 Å². The topological polar surface area (TPSA) is 91.3 Å². The Kier molecular flexibility index (Phi) is 7.00. The summed E-state index contributed by atoms with van der Waals surface area (Å²) in [5.41, 5.74) is -0.0165. The van der Waals surface area contributed by atoms with Crippen molar-refractivity contribution in [2.75, 3.05) is 10.6 Å². The molecule has 3 N–H and O–H groups in total. The second-order valence-electron chi connectivity index (χ2n) is 5.66. The molecule has 0 aliphatic rings. The predicted molar refractivity (Wildman–Crippen MR) is 98.6 cm³/mol. The Hall–Kier alpha value is -3.07. The molecule has 0 heterocycles. The molecule has 2 aromatic rings. The van der Waals surface area contributed by atoms with E-state index in [1.54, 1.807) is 0 Å². The van der Waals surface area contributed by atoms with Crippen LogP contribution in [-0.2, 0) is 9.59 Å². The minimum absolute atomic E-state index is 0.0301. The quantitative estimate of drug-likeness (QED) is 0.466. The second-order valence-corrected chi connectivity index (χ2v) is 6.09. The van der Waals surface area contributed by atoms with Crippen LogP contribution in [0.25, 0.3) is 0 Å². The highest BCUT2D eigenvalue weighted by atomic mass is 35.5. The molecule has 2 amide bonds. The van der Waals surface area contributed by atoms with Gasteiger partial charge in [-0.15, -0.1) is 0 Å². The lowest BCUT2D eigenvalue weighted by Gasteiger charge is -2.16. The summed E-state index contributed by atoms with van der Waals surface area (Å²) < 4.78 is 41.9. The van der Waals surface area contributed by atoms with Crippen molar-refractivity contribution < 1.29 is 27.5 Å². The van der Waals surface area contributed by atoms with E-state index in [0.717, 1.165) is 12.1 Å². The Morgan fingerprint density at radius 1 is 1.04 bits per heavy atom. The molecule has 1 atom stereocenters. The molecule has 0 fully saturated rings. The fraction of sp³-hybridized carbons (Fsp3) is 0.167. The van der Waals surface area contributed by atoms with Crippen molar-refractivity contribution in [2.24, 2.45) is 5.92 Å². The number of rotatable bonds is 7. The third-order valence-electron chi connectivity index (χ3n) is 3.43. The van der Waals surface area contributed by atoms with E-state index in [1.165, 1.54) is 37.3 Å². The lowest BCUT2D eigenvalue weighted by Crippen LogP contribution is -2.38. The zero-order valence-corrected chi connectivity index (χ0v) is 15.2. The molecule has 2 rings (SSSR count). The van der Waals surface area contributed by atoms with Crippen molar-refractivity contribution in [1.82, 2.24) is 0 Å². The van der Waals surface area contributed by atoms with Crippen LogP contribution < -0.4 is 15.4 Å². The van der Waals surface area contributed by atoms with Gasteiger partial charge in [-0.05, 0) is 49.4 Å². The Bertz CT molecular complexity index is 871. The van der Waals surface area contributed by atoms with E-state index in [1.807, 2.05) is 0 Å². The average Bonchev–Trinajstić information content (AvgIpc) is 2.54. The Labute approximate surface area is 163 Å². The van der Waals surface area contributed by atoms with Gasteiger partial charge in [-0.3, -0.25) is 9.59 Å². The van der Waals surface area contributed by atoms with E-state index in [0.29, 0.717) is 0 Å². The largest absolute Gasteiger partial charge is 0.435 e. The summed E-state index contributed by atoms with van der Waals surface area (Å²) in [6, 6.07) is 8.38. The molecular formula is C18H15ClF3N3O3. The average molecular weight is 414 g/mol. The highest BCUT2D eigenvalue weighted by molar-refractivity contribution is 6.31. The van der Waals surface area contributed by atoms with Gasteiger partial charge >= 0.3 is 6.61 Å². The van der Waals surface area contributed by atoms with E-state index in [4.69, 9.17) is 17.0 Å². The first kappa shape index (κ1) is 21.2. The van der Waals surface area contributed by atoms with Gasteiger partial charge in [0.1, 0.15) is 11.6 Å². The van der Waals surface area contributed by atoms with E-state index >= 15 is 0 Å². The number of ether oxygens (including phenoxy) is 1. The summed E-state index contributed by atoms with van der Waals surface area (Å²) in [5.74, 6) is -3.96. The van der Waals surface area contributed by atoms with Gasteiger partial charge < -0.3 is 20.8 Å². The summed E-state index contributed by atoms with van der Waals surface area (Å²) in [6.07, 6.45) is 0. The SMILES string of the molecule is CC(=N)C(C(=O)Nc1ccc(OC(F)F)cc1)C(=O)Nc1cc(F)cc(Cl)c1. The summed E-state index contributed by atoms with van der Waals surface area (Å²) in [5, 5.41) is 12.5. The van der Waals surface area contributed by atoms with E-state index in [-0.39, 0.29) is 27.9 Å². The number of carbonyl (C=O) groups is 2. The van der Waals surface area contributed by atoms with Gasteiger partial charge in [0, 0.05) is 22.1 Å². The molecule has 2 aromatic carbocycles. The zero-order chi connectivity index (χ0) is 20.8. The monoisotopic (exact) mass is 413 g/mol. The van der Waals surface area contributed by atoms with Crippen molar-refractivity contribution in [1.29, 1.82) is 5.41 Å². The Morgan fingerprint density at radius 2 is 1.61 bits per heavy atom. The maximum atomic E-state index is 13.4. The third-order valence-corrected chi connectivity index (χ3v) is 3.65. The van der Waals surface area contributed by atoms with Gasteiger partial charge in [0.05, 0.1) is 0 Å². The number of hydrogen-bond acceptors (Lipinski definition) is 4. The number of carbonyl (C=O) groups excluding carboxylic acids is 2. The third kappa shape index (κ3) is 5.98. The molecule has 0 saturated heterocycles. The number of alkyl halides is 2.